The molecule has 0 aliphatic carbocycles. The summed E-state index contributed by atoms with van der Waals surface area (Å²) >= 11 is 6.21. The van der Waals surface area contributed by atoms with E-state index in [2.05, 4.69) is 0 Å². The molecule has 1 amide bonds. The van der Waals surface area contributed by atoms with Gasteiger partial charge in [-0.1, -0.05) is 23.7 Å². The maximum Gasteiger partial charge on any atom is 0.257 e. The van der Waals surface area contributed by atoms with Crippen molar-refractivity contribution in [1.29, 1.82) is 0 Å². The molecule has 1 aliphatic heterocycles. The van der Waals surface area contributed by atoms with Gasteiger partial charge in [0, 0.05) is 12.1 Å². The largest absolute Gasteiger partial charge is 0.460 e. The molecule has 1 atom stereocenters. The summed E-state index contributed by atoms with van der Waals surface area (Å²) in [5, 5.41) is 10.1. The summed E-state index contributed by atoms with van der Waals surface area (Å²) in [7, 11) is 0. The lowest BCUT2D eigenvalue weighted by Gasteiger charge is -2.34. The van der Waals surface area contributed by atoms with Gasteiger partial charge in [0.1, 0.15) is 11.5 Å². The Morgan fingerprint density at radius 1 is 1.39 bits per heavy atom. The number of aliphatic hydroxyl groups is 1. The van der Waals surface area contributed by atoms with E-state index in [4.69, 9.17) is 16.0 Å². The molecule has 122 valence electrons. The Bertz CT molecular complexity index is 710. The molecule has 1 aliphatic rings. The van der Waals surface area contributed by atoms with Crippen LogP contribution in [0.5, 0.6) is 0 Å². The van der Waals surface area contributed by atoms with Gasteiger partial charge in [0.15, 0.2) is 0 Å². The van der Waals surface area contributed by atoms with Crippen molar-refractivity contribution in [2.75, 3.05) is 13.2 Å². The van der Waals surface area contributed by atoms with Crippen molar-refractivity contribution in [1.82, 2.24) is 4.90 Å². The van der Waals surface area contributed by atoms with Crippen molar-refractivity contribution in [3.63, 3.8) is 0 Å². The van der Waals surface area contributed by atoms with E-state index in [1.54, 1.807) is 24.0 Å². The number of carbonyl (C=O) groups is 1. The van der Waals surface area contributed by atoms with Gasteiger partial charge in [-0.15, -0.1) is 0 Å². The number of carbonyl (C=O) groups excluding carboxylic acids is 1. The summed E-state index contributed by atoms with van der Waals surface area (Å²) in [6.45, 7) is 2.46. The van der Waals surface area contributed by atoms with Crippen molar-refractivity contribution in [3.05, 3.63) is 46.7 Å². The number of amides is 1. The first-order chi connectivity index (χ1) is 11.1. The van der Waals surface area contributed by atoms with Gasteiger partial charge >= 0.3 is 0 Å². The number of nitrogens with zero attached hydrogens (tertiary/aromatic N) is 1. The minimum Gasteiger partial charge on any atom is -0.460 e. The second kappa shape index (κ2) is 6.77. The van der Waals surface area contributed by atoms with E-state index < -0.39 is 0 Å². The number of benzene rings is 1. The van der Waals surface area contributed by atoms with Gasteiger partial charge in [-0.25, -0.2) is 0 Å². The number of hydrogen-bond acceptors (Lipinski definition) is 3. The lowest BCUT2D eigenvalue weighted by Crippen LogP contribution is -2.45. The molecule has 1 fully saturated rings. The summed E-state index contributed by atoms with van der Waals surface area (Å²) < 4.78 is 5.77. The first kappa shape index (κ1) is 16.1. The fraction of sp³-hybridized carbons (Fsp3) is 0.389. The zero-order chi connectivity index (χ0) is 16.4. The molecule has 1 N–H and O–H groups in total. The highest BCUT2D eigenvalue weighted by Gasteiger charge is 2.29. The molecule has 0 bridgehead atoms. The van der Waals surface area contributed by atoms with Crippen LogP contribution in [0.1, 0.15) is 35.4 Å². The monoisotopic (exact) mass is 333 g/mol. The first-order valence-corrected chi connectivity index (χ1v) is 8.26. The lowest BCUT2D eigenvalue weighted by atomic mass is 10.0. The van der Waals surface area contributed by atoms with Crippen molar-refractivity contribution in [2.24, 2.45) is 0 Å². The van der Waals surface area contributed by atoms with Crippen LogP contribution in [0.3, 0.4) is 0 Å². The zero-order valence-corrected chi connectivity index (χ0v) is 13.8. The number of rotatable bonds is 3. The Labute approximate surface area is 140 Å². The predicted octanol–water partition coefficient (Wildman–Crippen LogP) is 3.90. The average molecular weight is 334 g/mol. The summed E-state index contributed by atoms with van der Waals surface area (Å²) in [6.07, 6.45) is 2.86. The molecule has 1 aromatic heterocycles. The van der Waals surface area contributed by atoms with Crippen LogP contribution in [0, 0.1) is 6.92 Å². The minimum absolute atomic E-state index is 0.00000953. The molecule has 2 aromatic rings. The number of aliphatic hydroxyl groups excluding tert-OH is 1. The Balaban J connectivity index is 1.92. The minimum atomic E-state index is -0.102. The molecular weight excluding hydrogens is 314 g/mol. The molecule has 23 heavy (non-hydrogen) atoms. The van der Waals surface area contributed by atoms with E-state index in [0.29, 0.717) is 28.7 Å². The summed E-state index contributed by atoms with van der Waals surface area (Å²) in [5.41, 5.74) is 1.31. The average Bonchev–Trinajstić information content (AvgIpc) is 2.96. The molecule has 1 aromatic carbocycles. The summed E-state index contributed by atoms with van der Waals surface area (Å²) in [4.78, 5) is 14.6. The molecule has 0 unspecified atom stereocenters. The van der Waals surface area contributed by atoms with Gasteiger partial charge in [0.25, 0.3) is 5.91 Å². The number of aryl methyl sites for hydroxylation is 1. The molecule has 0 spiro atoms. The number of furan rings is 1. The Kier molecular flexibility index (Phi) is 4.74. The highest BCUT2D eigenvalue weighted by atomic mass is 35.5. The molecular formula is C18H20ClNO3. The van der Waals surface area contributed by atoms with Gasteiger partial charge in [-0.2, -0.15) is 0 Å². The van der Waals surface area contributed by atoms with Crippen LogP contribution in [0.4, 0.5) is 0 Å². The van der Waals surface area contributed by atoms with Crippen LogP contribution < -0.4 is 0 Å². The number of likely N-dealkylation sites (tertiary alicyclic amines) is 1. The number of hydrogen-bond donors (Lipinski definition) is 1. The molecule has 4 nitrogen and oxygen atoms in total. The zero-order valence-electron chi connectivity index (χ0n) is 13.1. The molecule has 3 rings (SSSR count). The van der Waals surface area contributed by atoms with Crippen LogP contribution in [0.2, 0.25) is 5.02 Å². The fourth-order valence-corrected chi connectivity index (χ4v) is 3.33. The molecule has 0 saturated carbocycles. The van der Waals surface area contributed by atoms with Crippen LogP contribution in [0.15, 0.2) is 34.7 Å². The van der Waals surface area contributed by atoms with Crippen molar-refractivity contribution < 1.29 is 14.3 Å². The maximum atomic E-state index is 12.8. The number of piperidine rings is 1. The third-order valence-corrected chi connectivity index (χ3v) is 4.72. The van der Waals surface area contributed by atoms with Gasteiger partial charge in [0.05, 0.1) is 23.2 Å². The molecule has 0 radical (unpaired) electrons. The second-order valence-corrected chi connectivity index (χ2v) is 6.30. The van der Waals surface area contributed by atoms with E-state index in [-0.39, 0.29) is 18.6 Å². The highest BCUT2D eigenvalue weighted by Crippen LogP contribution is 2.32. The normalized spacial score (nSPS) is 18.2. The smallest absolute Gasteiger partial charge is 0.257 e. The Morgan fingerprint density at radius 2 is 2.17 bits per heavy atom. The Hall–Kier alpha value is -1.78. The third kappa shape index (κ3) is 3.14. The van der Waals surface area contributed by atoms with Crippen LogP contribution in [-0.2, 0) is 0 Å². The molecule has 1 saturated heterocycles. The lowest BCUT2D eigenvalue weighted by molar-refractivity contribution is 0.0501. The van der Waals surface area contributed by atoms with E-state index >= 15 is 0 Å². The van der Waals surface area contributed by atoms with Gasteiger partial charge in [0.2, 0.25) is 0 Å². The van der Waals surface area contributed by atoms with Crippen molar-refractivity contribution in [3.8, 4) is 11.3 Å². The maximum absolute atomic E-state index is 12.8. The Morgan fingerprint density at radius 3 is 2.91 bits per heavy atom. The standard InChI is InChI=1S/C18H20ClNO3/c1-12-15(18(22)20-9-5-4-6-13(20)11-21)10-17(23-12)14-7-2-3-8-16(14)19/h2-3,7-8,10,13,21H,4-6,9,11H2,1H3/t13-/m1/s1. The van der Waals surface area contributed by atoms with E-state index in [0.717, 1.165) is 24.8 Å². The number of halogens is 1. The third-order valence-electron chi connectivity index (χ3n) is 4.39. The second-order valence-electron chi connectivity index (χ2n) is 5.89. The first-order valence-electron chi connectivity index (χ1n) is 7.89. The SMILES string of the molecule is Cc1oc(-c2ccccc2Cl)cc1C(=O)N1CCCC[C@@H]1CO. The summed E-state index contributed by atoms with van der Waals surface area (Å²) in [6, 6.07) is 9.05. The fourth-order valence-electron chi connectivity index (χ4n) is 3.10. The van der Waals surface area contributed by atoms with E-state index in [1.165, 1.54) is 0 Å². The van der Waals surface area contributed by atoms with E-state index in [9.17, 15) is 9.90 Å². The summed E-state index contributed by atoms with van der Waals surface area (Å²) in [5.74, 6) is 1.09. The predicted molar refractivity (Wildman–Crippen MR) is 89.7 cm³/mol. The van der Waals surface area contributed by atoms with Gasteiger partial charge in [-0.3, -0.25) is 4.79 Å². The molecule has 5 heteroatoms. The van der Waals surface area contributed by atoms with Crippen LogP contribution in [0.25, 0.3) is 11.3 Å². The van der Waals surface area contributed by atoms with Crippen molar-refractivity contribution >= 4 is 17.5 Å². The van der Waals surface area contributed by atoms with Crippen LogP contribution in [-0.4, -0.2) is 35.1 Å². The van der Waals surface area contributed by atoms with Crippen molar-refractivity contribution in [2.45, 2.75) is 32.2 Å². The quantitative estimate of drug-likeness (QED) is 0.927. The van der Waals surface area contributed by atoms with Gasteiger partial charge in [-0.05, 0) is 44.4 Å². The molecule has 2 heterocycles. The van der Waals surface area contributed by atoms with Crippen LogP contribution >= 0.6 is 11.6 Å². The van der Waals surface area contributed by atoms with E-state index in [1.807, 2.05) is 18.2 Å². The van der Waals surface area contributed by atoms with Gasteiger partial charge < -0.3 is 14.4 Å². The highest BCUT2D eigenvalue weighted by molar-refractivity contribution is 6.33. The topological polar surface area (TPSA) is 53.7 Å².